The molecule has 1 heterocycles. The van der Waals surface area contributed by atoms with Gasteiger partial charge in [-0.2, -0.15) is 4.37 Å². The number of carbonyl (C=O) groups excluding carboxylic acids is 1. The fourth-order valence-electron chi connectivity index (χ4n) is 1.79. The molecule has 16 heavy (non-hydrogen) atoms. The van der Waals surface area contributed by atoms with Gasteiger partial charge >= 0.3 is 0 Å². The lowest BCUT2D eigenvalue weighted by Gasteiger charge is -2.21. The Morgan fingerprint density at radius 3 is 2.56 bits per heavy atom. The maximum atomic E-state index is 11.5. The minimum Gasteiger partial charge on any atom is -0.372 e. The van der Waals surface area contributed by atoms with Gasteiger partial charge in [0.25, 0.3) is 0 Å². The molecule has 0 radical (unpaired) electrons. The third kappa shape index (κ3) is 2.82. The molecule has 1 unspecified atom stereocenters. The molecule has 3 nitrogen and oxygen atoms in total. The van der Waals surface area contributed by atoms with Crippen molar-refractivity contribution >= 4 is 22.3 Å². The number of carbonyl (C=O) groups is 1. The Bertz CT molecular complexity index is 371. The van der Waals surface area contributed by atoms with Crippen LogP contribution < -0.4 is 5.32 Å². The molecule has 0 spiro atoms. The topological polar surface area (TPSA) is 42.0 Å². The van der Waals surface area contributed by atoms with Crippen molar-refractivity contribution in [3.63, 3.8) is 0 Å². The van der Waals surface area contributed by atoms with E-state index in [0.717, 1.165) is 22.7 Å². The zero-order valence-corrected chi connectivity index (χ0v) is 11.4. The molecule has 0 saturated heterocycles. The lowest BCUT2D eigenvalue weighted by Crippen LogP contribution is -2.24. The molecule has 0 fully saturated rings. The zero-order valence-electron chi connectivity index (χ0n) is 10.6. The third-order valence-electron chi connectivity index (χ3n) is 2.78. The number of aryl methyl sites for hydroxylation is 1. The third-order valence-corrected chi connectivity index (χ3v) is 3.65. The Labute approximate surface area is 101 Å². The summed E-state index contributed by atoms with van der Waals surface area (Å²) >= 11 is 1.38. The number of Topliss-reactive ketones (excluding diaryl/α,β-unsaturated/α-hetero) is 1. The summed E-state index contributed by atoms with van der Waals surface area (Å²) in [7, 11) is 0. The standard InChI is InChI=1S/C12H20N2OS/c1-6-10(7(2)3)13-12-11(9(5)15)8(4)14-16-12/h7,10,13H,6H2,1-5H3. The number of rotatable bonds is 5. The van der Waals surface area contributed by atoms with Crippen LogP contribution in [-0.4, -0.2) is 16.2 Å². The first-order valence-corrected chi connectivity index (χ1v) is 6.48. The second-order valence-electron chi connectivity index (χ2n) is 4.43. The van der Waals surface area contributed by atoms with Gasteiger partial charge in [0.05, 0.1) is 11.3 Å². The first-order chi connectivity index (χ1) is 7.47. The van der Waals surface area contributed by atoms with Gasteiger partial charge < -0.3 is 5.32 Å². The van der Waals surface area contributed by atoms with Crippen molar-refractivity contribution in [2.45, 2.75) is 47.1 Å². The van der Waals surface area contributed by atoms with Crippen molar-refractivity contribution in [2.24, 2.45) is 5.92 Å². The number of hydrogen-bond donors (Lipinski definition) is 1. The van der Waals surface area contributed by atoms with Gasteiger partial charge in [-0.3, -0.25) is 4.79 Å². The minimum atomic E-state index is 0.0901. The number of nitrogens with one attached hydrogen (secondary N) is 1. The van der Waals surface area contributed by atoms with Crippen LogP contribution >= 0.6 is 11.5 Å². The smallest absolute Gasteiger partial charge is 0.164 e. The van der Waals surface area contributed by atoms with Crippen LogP contribution in [0.2, 0.25) is 0 Å². The van der Waals surface area contributed by atoms with E-state index in [9.17, 15) is 4.79 Å². The summed E-state index contributed by atoms with van der Waals surface area (Å²) in [6.45, 7) is 10.00. The highest BCUT2D eigenvalue weighted by molar-refractivity contribution is 7.10. The summed E-state index contributed by atoms with van der Waals surface area (Å²) in [4.78, 5) is 11.5. The molecule has 4 heteroatoms. The van der Waals surface area contributed by atoms with Crippen LogP contribution in [0.5, 0.6) is 0 Å². The van der Waals surface area contributed by atoms with Crippen molar-refractivity contribution < 1.29 is 4.79 Å². The Morgan fingerprint density at radius 2 is 2.12 bits per heavy atom. The first-order valence-electron chi connectivity index (χ1n) is 5.71. The van der Waals surface area contributed by atoms with E-state index in [-0.39, 0.29) is 5.78 Å². The molecule has 1 atom stereocenters. The van der Waals surface area contributed by atoms with Crippen LogP contribution in [0.3, 0.4) is 0 Å². The normalized spacial score (nSPS) is 12.9. The lowest BCUT2D eigenvalue weighted by atomic mass is 10.0. The molecule has 0 saturated carbocycles. The second kappa shape index (κ2) is 5.43. The average Bonchev–Trinajstić information content (AvgIpc) is 2.55. The quantitative estimate of drug-likeness (QED) is 0.801. The van der Waals surface area contributed by atoms with Crippen LogP contribution in [0.25, 0.3) is 0 Å². The molecule has 90 valence electrons. The highest BCUT2D eigenvalue weighted by Gasteiger charge is 2.18. The molecule has 0 bridgehead atoms. The minimum absolute atomic E-state index is 0.0901. The molecule has 0 amide bonds. The van der Waals surface area contributed by atoms with Crippen molar-refractivity contribution in [2.75, 3.05) is 5.32 Å². The Morgan fingerprint density at radius 1 is 1.50 bits per heavy atom. The number of aromatic nitrogens is 1. The number of anilines is 1. The molecule has 0 aliphatic rings. The summed E-state index contributed by atoms with van der Waals surface area (Å²) in [6.07, 6.45) is 1.05. The predicted octanol–water partition coefficient (Wildman–Crippen LogP) is 3.50. The lowest BCUT2D eigenvalue weighted by molar-refractivity contribution is 0.101. The van der Waals surface area contributed by atoms with E-state index in [1.54, 1.807) is 6.92 Å². The predicted molar refractivity (Wildman–Crippen MR) is 69.4 cm³/mol. The van der Waals surface area contributed by atoms with Crippen LogP contribution in [0, 0.1) is 12.8 Å². The Balaban J connectivity index is 2.92. The van der Waals surface area contributed by atoms with Crippen LogP contribution in [0.4, 0.5) is 5.00 Å². The molecule has 0 aliphatic carbocycles. The zero-order chi connectivity index (χ0) is 12.3. The Hall–Kier alpha value is -0.900. The van der Waals surface area contributed by atoms with E-state index in [0.29, 0.717) is 12.0 Å². The van der Waals surface area contributed by atoms with Gasteiger partial charge in [-0.15, -0.1) is 0 Å². The summed E-state index contributed by atoms with van der Waals surface area (Å²) in [6, 6.07) is 0.401. The largest absolute Gasteiger partial charge is 0.372 e. The summed E-state index contributed by atoms with van der Waals surface area (Å²) in [5.41, 5.74) is 1.59. The Kier molecular flexibility index (Phi) is 4.47. The van der Waals surface area contributed by atoms with Crippen LogP contribution in [0.1, 0.15) is 50.2 Å². The molecular formula is C12H20N2OS. The van der Waals surface area contributed by atoms with Gasteiger partial charge in [0.2, 0.25) is 0 Å². The number of nitrogens with zero attached hydrogens (tertiary/aromatic N) is 1. The van der Waals surface area contributed by atoms with Gasteiger partial charge in [-0.05, 0) is 37.7 Å². The molecule has 1 rings (SSSR count). The van der Waals surface area contributed by atoms with E-state index in [1.165, 1.54) is 11.5 Å². The fraction of sp³-hybridized carbons (Fsp3) is 0.667. The average molecular weight is 240 g/mol. The van der Waals surface area contributed by atoms with E-state index in [4.69, 9.17) is 0 Å². The van der Waals surface area contributed by atoms with Gasteiger partial charge in [0, 0.05) is 6.04 Å². The van der Waals surface area contributed by atoms with Gasteiger partial charge in [0.15, 0.2) is 5.78 Å². The molecular weight excluding hydrogens is 220 g/mol. The molecule has 1 aromatic rings. The van der Waals surface area contributed by atoms with Gasteiger partial charge in [0.1, 0.15) is 5.00 Å². The van der Waals surface area contributed by atoms with Crippen molar-refractivity contribution in [3.05, 3.63) is 11.3 Å². The van der Waals surface area contributed by atoms with Crippen LogP contribution in [-0.2, 0) is 0 Å². The monoisotopic (exact) mass is 240 g/mol. The first kappa shape index (κ1) is 13.2. The highest BCUT2D eigenvalue weighted by Crippen LogP contribution is 2.27. The summed E-state index contributed by atoms with van der Waals surface area (Å²) in [5, 5.41) is 4.36. The highest BCUT2D eigenvalue weighted by atomic mass is 32.1. The molecule has 1 N–H and O–H groups in total. The van der Waals surface area contributed by atoms with Crippen LogP contribution in [0.15, 0.2) is 0 Å². The van der Waals surface area contributed by atoms with Gasteiger partial charge in [-0.1, -0.05) is 20.8 Å². The van der Waals surface area contributed by atoms with E-state index in [1.807, 2.05) is 6.92 Å². The van der Waals surface area contributed by atoms with Gasteiger partial charge in [-0.25, -0.2) is 0 Å². The summed E-state index contributed by atoms with van der Waals surface area (Å²) in [5.74, 6) is 0.638. The summed E-state index contributed by atoms with van der Waals surface area (Å²) < 4.78 is 4.24. The SMILES string of the molecule is CCC(Nc1snc(C)c1C(C)=O)C(C)C. The maximum Gasteiger partial charge on any atom is 0.164 e. The van der Waals surface area contributed by atoms with Crippen molar-refractivity contribution in [1.29, 1.82) is 0 Å². The molecule has 1 aromatic heterocycles. The molecule has 0 aromatic carbocycles. The fourth-order valence-corrected chi connectivity index (χ4v) is 2.70. The second-order valence-corrected chi connectivity index (χ2v) is 5.20. The van der Waals surface area contributed by atoms with Crippen molar-refractivity contribution in [1.82, 2.24) is 4.37 Å². The molecule has 0 aliphatic heterocycles. The van der Waals surface area contributed by atoms with Crippen molar-refractivity contribution in [3.8, 4) is 0 Å². The maximum absolute atomic E-state index is 11.5. The van der Waals surface area contributed by atoms with E-state index >= 15 is 0 Å². The van der Waals surface area contributed by atoms with E-state index < -0.39 is 0 Å². The number of ketones is 1. The number of hydrogen-bond acceptors (Lipinski definition) is 4. The van der Waals surface area contributed by atoms with E-state index in [2.05, 4.69) is 30.5 Å².